The molecular weight excluding hydrogens is 419 g/mol. The highest BCUT2D eigenvalue weighted by Crippen LogP contribution is 2.31. The molecule has 1 aromatic carbocycles. The summed E-state index contributed by atoms with van der Waals surface area (Å²) >= 11 is 0. The predicted octanol–water partition coefficient (Wildman–Crippen LogP) is 2.65. The zero-order valence-electron chi connectivity index (χ0n) is 18.3. The molecule has 0 saturated carbocycles. The first kappa shape index (κ1) is 23.6. The number of nitrogens with zero attached hydrogens (tertiary/aromatic N) is 4. The zero-order valence-corrected chi connectivity index (χ0v) is 18.3. The first-order valence-corrected chi connectivity index (χ1v) is 10.2. The number of anilines is 1. The molecule has 1 aliphatic heterocycles. The molecule has 10 heteroatoms. The van der Waals surface area contributed by atoms with Gasteiger partial charge in [0.05, 0.1) is 0 Å². The summed E-state index contributed by atoms with van der Waals surface area (Å²) in [6, 6.07) is 5.35. The molecule has 1 aromatic heterocycles. The van der Waals surface area contributed by atoms with Gasteiger partial charge in [0.15, 0.2) is 0 Å². The minimum atomic E-state index is -1.39. The molecule has 2 aromatic rings. The molecule has 1 fully saturated rings. The van der Waals surface area contributed by atoms with Crippen LogP contribution in [-0.2, 0) is 19.8 Å². The lowest BCUT2D eigenvalue weighted by atomic mass is 9.77. The van der Waals surface area contributed by atoms with Gasteiger partial charge in [0.2, 0.25) is 5.95 Å². The molecule has 0 aliphatic carbocycles. The second-order valence-electron chi connectivity index (χ2n) is 8.60. The maximum atomic E-state index is 13.4. The number of ether oxygens (including phenoxy) is 1. The first-order valence-electron chi connectivity index (χ1n) is 10.2. The van der Waals surface area contributed by atoms with E-state index in [0.717, 1.165) is 0 Å². The van der Waals surface area contributed by atoms with Crippen LogP contribution in [0.25, 0.3) is 0 Å². The minimum absolute atomic E-state index is 0.354. The molecule has 32 heavy (non-hydrogen) atoms. The molecule has 1 aliphatic rings. The van der Waals surface area contributed by atoms with Crippen LogP contribution in [0, 0.1) is 5.82 Å². The minimum Gasteiger partial charge on any atom is -0.444 e. The van der Waals surface area contributed by atoms with Crippen LogP contribution in [0.15, 0.2) is 36.7 Å². The van der Waals surface area contributed by atoms with Crippen LogP contribution in [0.1, 0.15) is 31.9 Å². The summed E-state index contributed by atoms with van der Waals surface area (Å²) < 4.78 is 18.8. The Morgan fingerprint density at radius 1 is 1.09 bits per heavy atom. The summed E-state index contributed by atoms with van der Waals surface area (Å²) in [5, 5.41) is 9.08. The molecule has 1 unspecified atom stereocenters. The van der Waals surface area contributed by atoms with E-state index in [1.165, 1.54) is 36.7 Å². The number of aldehydes is 1. The van der Waals surface area contributed by atoms with Crippen LogP contribution in [-0.4, -0.2) is 70.9 Å². The number of hydrogen-bond acceptors (Lipinski definition) is 8. The van der Waals surface area contributed by atoms with Crippen LogP contribution < -0.4 is 4.90 Å². The van der Waals surface area contributed by atoms with Crippen molar-refractivity contribution in [3.8, 4) is 0 Å². The number of halogens is 1. The number of piperazine rings is 1. The van der Waals surface area contributed by atoms with Gasteiger partial charge in [-0.2, -0.15) is 0 Å². The summed E-state index contributed by atoms with van der Waals surface area (Å²) in [6.45, 7) is 7.07. The van der Waals surface area contributed by atoms with Crippen molar-refractivity contribution in [3.05, 3.63) is 53.6 Å². The van der Waals surface area contributed by atoms with E-state index in [0.29, 0.717) is 49.5 Å². The highest BCUT2D eigenvalue weighted by Gasteiger charge is 2.36. The molecule has 9 nitrogen and oxygen atoms in total. The highest BCUT2D eigenvalue weighted by atomic mass is 19.1. The number of carbonyl (C=O) groups is 2. The molecule has 0 radical (unpaired) electrons. The summed E-state index contributed by atoms with van der Waals surface area (Å²) in [4.78, 5) is 41.0. The third-order valence-electron chi connectivity index (χ3n) is 5.22. The summed E-state index contributed by atoms with van der Waals surface area (Å²) in [5.74, 6) is -0.00278. The fraction of sp³-hybridized carbons (Fsp3) is 0.455. The Morgan fingerprint density at radius 3 is 2.19 bits per heavy atom. The van der Waals surface area contributed by atoms with Crippen molar-refractivity contribution in [1.29, 1.82) is 0 Å². The van der Waals surface area contributed by atoms with Crippen LogP contribution in [0.4, 0.5) is 15.1 Å². The smallest absolute Gasteiger partial charge is 0.410 e. The largest absolute Gasteiger partial charge is 0.444 e. The molecule has 0 spiro atoms. The van der Waals surface area contributed by atoms with Gasteiger partial charge < -0.3 is 19.3 Å². The number of carbonyl (C=O) groups excluding carboxylic acids is 2. The standard InChI is InChI=1S/C22H27FN4O5/c1-21(2,3)32-20(29)27-10-8-26(9-11-27)19-24-12-17(13-25-19)22(14-28,15-31-30)16-4-6-18(23)7-5-16/h4-7,12-14,30H,8-11,15H2,1-3H3. The van der Waals surface area contributed by atoms with E-state index in [9.17, 15) is 14.0 Å². The number of benzene rings is 1. The fourth-order valence-electron chi connectivity index (χ4n) is 3.48. The number of amides is 1. The van der Waals surface area contributed by atoms with Crippen LogP contribution >= 0.6 is 0 Å². The average Bonchev–Trinajstić information content (AvgIpc) is 2.77. The van der Waals surface area contributed by atoms with Gasteiger partial charge in [-0.1, -0.05) is 12.1 Å². The SMILES string of the molecule is CC(C)(C)OC(=O)N1CCN(c2ncc(C(C=O)(COO)c3ccc(F)cc3)cn2)CC1. The quantitative estimate of drug-likeness (QED) is 0.410. The van der Waals surface area contributed by atoms with Gasteiger partial charge in [-0.05, 0) is 38.5 Å². The highest BCUT2D eigenvalue weighted by molar-refractivity contribution is 5.75. The van der Waals surface area contributed by atoms with Crippen molar-refractivity contribution in [2.45, 2.75) is 31.8 Å². The monoisotopic (exact) mass is 446 g/mol. The number of aromatic nitrogens is 2. The van der Waals surface area contributed by atoms with Crippen LogP contribution in [0.2, 0.25) is 0 Å². The zero-order chi connectivity index (χ0) is 23.4. The first-order chi connectivity index (χ1) is 15.2. The Labute approximate surface area is 185 Å². The van der Waals surface area contributed by atoms with Crippen LogP contribution in [0.5, 0.6) is 0 Å². The van der Waals surface area contributed by atoms with Gasteiger partial charge in [-0.3, -0.25) is 5.26 Å². The van der Waals surface area contributed by atoms with E-state index in [1.54, 1.807) is 4.90 Å². The molecule has 1 saturated heterocycles. The van der Waals surface area contributed by atoms with Gasteiger partial charge in [0.1, 0.15) is 29.7 Å². The molecule has 2 heterocycles. The van der Waals surface area contributed by atoms with Gasteiger partial charge in [-0.25, -0.2) is 24.0 Å². The lowest BCUT2D eigenvalue weighted by molar-refractivity contribution is -0.249. The summed E-state index contributed by atoms with van der Waals surface area (Å²) in [6.07, 6.45) is 3.24. The van der Waals surface area contributed by atoms with E-state index < -0.39 is 16.8 Å². The molecule has 1 atom stereocenters. The second kappa shape index (κ2) is 9.58. The van der Waals surface area contributed by atoms with Crippen molar-refractivity contribution < 1.29 is 28.9 Å². The van der Waals surface area contributed by atoms with Gasteiger partial charge >= 0.3 is 6.09 Å². The molecule has 1 N–H and O–H groups in total. The van der Waals surface area contributed by atoms with Gasteiger partial charge in [0.25, 0.3) is 0 Å². The van der Waals surface area contributed by atoms with Crippen molar-refractivity contribution in [2.75, 3.05) is 37.7 Å². The van der Waals surface area contributed by atoms with Crippen LogP contribution in [0.3, 0.4) is 0 Å². The second-order valence-corrected chi connectivity index (χ2v) is 8.60. The number of hydrogen-bond donors (Lipinski definition) is 1. The van der Waals surface area contributed by atoms with Crippen molar-refractivity contribution >= 4 is 18.3 Å². The Balaban J connectivity index is 1.74. The molecule has 3 rings (SSSR count). The molecular formula is C22H27FN4O5. The predicted molar refractivity (Wildman–Crippen MR) is 114 cm³/mol. The lowest BCUT2D eigenvalue weighted by Crippen LogP contribution is -2.50. The van der Waals surface area contributed by atoms with Gasteiger partial charge in [0, 0.05) is 44.1 Å². The molecule has 0 bridgehead atoms. The molecule has 172 valence electrons. The summed E-state index contributed by atoms with van der Waals surface area (Å²) in [7, 11) is 0. The Hall–Kier alpha value is -3.11. The normalized spacial score (nSPS) is 16.4. The lowest BCUT2D eigenvalue weighted by Gasteiger charge is -2.35. The maximum absolute atomic E-state index is 13.4. The van der Waals surface area contributed by atoms with Gasteiger partial charge in [-0.15, -0.1) is 0 Å². The van der Waals surface area contributed by atoms with Crippen molar-refractivity contribution in [1.82, 2.24) is 14.9 Å². The Morgan fingerprint density at radius 2 is 1.69 bits per heavy atom. The fourth-order valence-corrected chi connectivity index (χ4v) is 3.48. The van der Waals surface area contributed by atoms with Crippen molar-refractivity contribution in [2.24, 2.45) is 0 Å². The van der Waals surface area contributed by atoms with Crippen molar-refractivity contribution in [3.63, 3.8) is 0 Å². The van der Waals surface area contributed by atoms with E-state index in [2.05, 4.69) is 14.9 Å². The topological polar surface area (TPSA) is 105 Å². The maximum Gasteiger partial charge on any atom is 0.410 e. The molecule has 1 amide bonds. The third kappa shape index (κ3) is 5.20. The summed E-state index contributed by atoms with van der Waals surface area (Å²) in [5.41, 5.74) is -1.12. The Bertz CT molecular complexity index is 925. The number of rotatable bonds is 6. The average molecular weight is 446 g/mol. The van der Waals surface area contributed by atoms with E-state index >= 15 is 0 Å². The van der Waals surface area contributed by atoms with E-state index in [-0.39, 0.29) is 12.7 Å². The Kier molecular flexibility index (Phi) is 7.05. The van der Waals surface area contributed by atoms with E-state index in [1.807, 2.05) is 25.7 Å². The van der Waals surface area contributed by atoms with E-state index in [4.69, 9.17) is 9.99 Å². The third-order valence-corrected chi connectivity index (χ3v) is 5.22.